The van der Waals surface area contributed by atoms with Gasteiger partial charge in [-0.25, -0.2) is 0 Å². The van der Waals surface area contributed by atoms with Crippen LogP contribution in [0.2, 0.25) is 0 Å². The predicted molar refractivity (Wildman–Crippen MR) is 80.0 cm³/mol. The largest absolute Gasteiger partial charge is 0.378 e. The number of hydrogen-bond donors (Lipinski definition) is 1. The van der Waals surface area contributed by atoms with Crippen LogP contribution in [0, 0.1) is 5.92 Å². The number of rotatable bonds is 8. The van der Waals surface area contributed by atoms with Crippen molar-refractivity contribution >= 4 is 18.3 Å². The van der Waals surface area contributed by atoms with Gasteiger partial charge in [0.05, 0.1) is 12.7 Å². The Bertz CT molecular complexity index is 280. The topological polar surface area (TPSA) is 64.8 Å². The molecule has 0 bridgehead atoms. The Labute approximate surface area is 127 Å². The molecule has 0 unspecified atom stereocenters. The van der Waals surface area contributed by atoms with Crippen molar-refractivity contribution in [3.8, 4) is 0 Å². The van der Waals surface area contributed by atoms with Crippen molar-refractivity contribution in [2.24, 2.45) is 11.7 Å². The molecule has 2 aliphatic rings. The van der Waals surface area contributed by atoms with Crippen molar-refractivity contribution < 1.29 is 14.3 Å². The maximum absolute atomic E-state index is 11.9. The summed E-state index contributed by atoms with van der Waals surface area (Å²) in [5.74, 6) is 0.843. The molecule has 0 atom stereocenters. The molecule has 0 aromatic carbocycles. The maximum Gasteiger partial charge on any atom is 0.248 e. The van der Waals surface area contributed by atoms with Crippen molar-refractivity contribution in [2.75, 3.05) is 39.5 Å². The number of ether oxygens (including phenoxy) is 2. The number of nitrogens with zero attached hydrogens (tertiary/aromatic N) is 1. The van der Waals surface area contributed by atoms with Crippen molar-refractivity contribution in [1.29, 1.82) is 0 Å². The van der Waals surface area contributed by atoms with E-state index in [9.17, 15) is 4.79 Å². The molecule has 0 spiro atoms. The molecule has 5 nitrogen and oxygen atoms in total. The summed E-state index contributed by atoms with van der Waals surface area (Å²) < 4.78 is 11.2. The third-order valence-corrected chi connectivity index (χ3v) is 3.77. The lowest BCUT2D eigenvalue weighted by Crippen LogP contribution is -2.42. The molecular formula is C14H27ClN2O3. The van der Waals surface area contributed by atoms with Gasteiger partial charge in [0.25, 0.3) is 0 Å². The molecule has 20 heavy (non-hydrogen) atoms. The second-order valence-electron chi connectivity index (χ2n) is 5.55. The maximum atomic E-state index is 11.9. The fraction of sp³-hybridized carbons (Fsp3) is 0.929. The van der Waals surface area contributed by atoms with Gasteiger partial charge in [0.15, 0.2) is 0 Å². The quantitative estimate of drug-likeness (QED) is 0.684. The minimum Gasteiger partial charge on any atom is -0.378 e. The number of amides is 1. The summed E-state index contributed by atoms with van der Waals surface area (Å²) in [7, 11) is 0. The number of halogens is 1. The Kier molecular flexibility index (Phi) is 8.45. The van der Waals surface area contributed by atoms with E-state index in [1.54, 1.807) is 0 Å². The zero-order valence-corrected chi connectivity index (χ0v) is 12.9. The predicted octanol–water partition coefficient (Wildman–Crippen LogP) is 1.19. The molecule has 6 heteroatoms. The number of carbonyl (C=O) groups is 1. The summed E-state index contributed by atoms with van der Waals surface area (Å²) in [6, 6.07) is 0. The average Bonchev–Trinajstić information content (AvgIpc) is 3.24. The Morgan fingerprint density at radius 1 is 1.20 bits per heavy atom. The second-order valence-corrected chi connectivity index (χ2v) is 5.55. The van der Waals surface area contributed by atoms with Crippen LogP contribution in [0.15, 0.2) is 0 Å². The van der Waals surface area contributed by atoms with Crippen LogP contribution in [0.3, 0.4) is 0 Å². The number of piperidine rings is 1. The third kappa shape index (κ3) is 6.39. The fourth-order valence-corrected chi connectivity index (χ4v) is 2.29. The van der Waals surface area contributed by atoms with Crippen molar-refractivity contribution in [3.05, 3.63) is 0 Å². The van der Waals surface area contributed by atoms with Crippen LogP contribution in [0.1, 0.15) is 32.1 Å². The molecule has 0 aromatic rings. The normalized spacial score (nSPS) is 19.8. The van der Waals surface area contributed by atoms with Gasteiger partial charge in [0.1, 0.15) is 6.61 Å². The average molecular weight is 307 g/mol. The summed E-state index contributed by atoms with van der Waals surface area (Å²) in [5.41, 5.74) is 5.43. The molecule has 118 valence electrons. The van der Waals surface area contributed by atoms with Gasteiger partial charge >= 0.3 is 0 Å². The van der Waals surface area contributed by atoms with E-state index in [0.29, 0.717) is 12.6 Å². The monoisotopic (exact) mass is 306 g/mol. The lowest BCUT2D eigenvalue weighted by Gasteiger charge is -2.32. The van der Waals surface area contributed by atoms with Crippen LogP contribution in [-0.2, 0) is 14.3 Å². The van der Waals surface area contributed by atoms with Crippen LogP contribution < -0.4 is 5.73 Å². The number of hydrogen-bond acceptors (Lipinski definition) is 4. The Balaban J connectivity index is 0.00000200. The Morgan fingerprint density at radius 3 is 2.50 bits per heavy atom. The van der Waals surface area contributed by atoms with Crippen LogP contribution in [0.25, 0.3) is 0 Å². The van der Waals surface area contributed by atoms with E-state index in [1.807, 2.05) is 4.90 Å². The van der Waals surface area contributed by atoms with E-state index in [0.717, 1.165) is 51.5 Å². The van der Waals surface area contributed by atoms with Crippen LogP contribution in [0.4, 0.5) is 0 Å². The number of likely N-dealkylation sites (tertiary alicyclic amines) is 1. The van der Waals surface area contributed by atoms with E-state index in [4.69, 9.17) is 15.2 Å². The molecule has 1 heterocycles. The van der Waals surface area contributed by atoms with E-state index < -0.39 is 0 Å². The molecule has 1 aliphatic carbocycles. The molecule has 0 aromatic heterocycles. The zero-order chi connectivity index (χ0) is 13.5. The summed E-state index contributed by atoms with van der Waals surface area (Å²) in [6.45, 7) is 3.99. The van der Waals surface area contributed by atoms with Gasteiger partial charge < -0.3 is 20.1 Å². The highest BCUT2D eigenvalue weighted by Gasteiger charge is 2.25. The van der Waals surface area contributed by atoms with Crippen LogP contribution >= 0.6 is 12.4 Å². The minimum absolute atomic E-state index is 0. The lowest BCUT2D eigenvalue weighted by atomic mass is 10.1. The standard InChI is InChI=1S/C14H26N2O3.ClH/c15-6-1-9-19-13-4-7-16(8-5-13)14(17)11-18-10-12-2-3-12;/h12-13H,1-11,15H2;1H. The molecule has 1 aliphatic heterocycles. The SMILES string of the molecule is Cl.NCCCOC1CCN(C(=O)COCC2CC2)CC1. The van der Waals surface area contributed by atoms with E-state index >= 15 is 0 Å². The molecular weight excluding hydrogens is 280 g/mol. The molecule has 2 fully saturated rings. The lowest BCUT2D eigenvalue weighted by molar-refractivity contribution is -0.138. The molecule has 1 saturated heterocycles. The first-order chi connectivity index (χ1) is 9.29. The highest BCUT2D eigenvalue weighted by Crippen LogP contribution is 2.28. The zero-order valence-electron chi connectivity index (χ0n) is 12.1. The van der Waals surface area contributed by atoms with Crippen LogP contribution in [0.5, 0.6) is 0 Å². The first-order valence-electron chi connectivity index (χ1n) is 7.46. The van der Waals surface area contributed by atoms with Gasteiger partial charge in [-0.1, -0.05) is 0 Å². The van der Waals surface area contributed by atoms with E-state index in [1.165, 1.54) is 12.8 Å². The van der Waals surface area contributed by atoms with Gasteiger partial charge in [-0.15, -0.1) is 12.4 Å². The number of carbonyl (C=O) groups excluding carboxylic acids is 1. The number of nitrogens with two attached hydrogens (primary N) is 1. The summed E-state index contributed by atoms with van der Waals surface area (Å²) in [6.07, 6.45) is 5.59. The first-order valence-corrected chi connectivity index (χ1v) is 7.46. The third-order valence-electron chi connectivity index (χ3n) is 3.77. The van der Waals surface area contributed by atoms with E-state index in [2.05, 4.69) is 0 Å². The van der Waals surface area contributed by atoms with Crippen molar-refractivity contribution in [1.82, 2.24) is 4.90 Å². The molecule has 2 rings (SSSR count). The molecule has 1 amide bonds. The van der Waals surface area contributed by atoms with Gasteiger partial charge in [-0.3, -0.25) is 4.79 Å². The highest BCUT2D eigenvalue weighted by atomic mass is 35.5. The molecule has 0 radical (unpaired) electrons. The van der Waals surface area contributed by atoms with Gasteiger partial charge in [-0.2, -0.15) is 0 Å². The van der Waals surface area contributed by atoms with Crippen molar-refractivity contribution in [3.63, 3.8) is 0 Å². The van der Waals surface area contributed by atoms with Crippen molar-refractivity contribution in [2.45, 2.75) is 38.2 Å². The van der Waals surface area contributed by atoms with Crippen LogP contribution in [-0.4, -0.2) is 56.4 Å². The van der Waals surface area contributed by atoms with E-state index in [-0.39, 0.29) is 24.9 Å². The summed E-state index contributed by atoms with van der Waals surface area (Å²) in [4.78, 5) is 13.8. The Hall–Kier alpha value is -0.360. The van der Waals surface area contributed by atoms with Gasteiger partial charge in [-0.05, 0) is 44.6 Å². The molecule has 1 saturated carbocycles. The smallest absolute Gasteiger partial charge is 0.248 e. The highest BCUT2D eigenvalue weighted by molar-refractivity contribution is 5.85. The Morgan fingerprint density at radius 2 is 1.90 bits per heavy atom. The summed E-state index contributed by atoms with van der Waals surface area (Å²) >= 11 is 0. The second kappa shape index (κ2) is 9.55. The van der Waals surface area contributed by atoms with Gasteiger partial charge in [0, 0.05) is 19.7 Å². The molecule has 2 N–H and O–H groups in total. The first kappa shape index (κ1) is 17.7. The minimum atomic E-state index is 0. The van der Waals surface area contributed by atoms with Gasteiger partial charge in [0.2, 0.25) is 5.91 Å². The summed E-state index contributed by atoms with van der Waals surface area (Å²) in [5, 5.41) is 0. The fourth-order valence-electron chi connectivity index (χ4n) is 2.29.